The molecular weight excluding hydrogens is 364 g/mol. The molecule has 0 aliphatic rings. The van der Waals surface area contributed by atoms with Gasteiger partial charge < -0.3 is 10.6 Å². The average Bonchev–Trinajstić information content (AvgIpc) is 3.20. The van der Waals surface area contributed by atoms with Crippen LogP contribution in [-0.4, -0.2) is 32.7 Å². The van der Waals surface area contributed by atoms with E-state index in [1.165, 1.54) is 6.33 Å². The Morgan fingerprint density at radius 1 is 1.22 bits per heavy atom. The molecule has 0 spiro atoms. The highest BCUT2D eigenvalue weighted by molar-refractivity contribution is 6.30. The highest BCUT2D eigenvalue weighted by Gasteiger charge is 2.13. The molecule has 0 bridgehead atoms. The van der Waals surface area contributed by atoms with Crippen molar-refractivity contribution in [3.63, 3.8) is 0 Å². The SMILES string of the molecule is CC[C@H](NC(=O)CNc1cccc(-n2cnnn2)c1C)c1ccc(Cl)cc1. The summed E-state index contributed by atoms with van der Waals surface area (Å²) in [6, 6.07) is 13.2. The van der Waals surface area contributed by atoms with Gasteiger partial charge in [0.1, 0.15) is 6.33 Å². The van der Waals surface area contributed by atoms with Crippen molar-refractivity contribution >= 4 is 23.2 Å². The van der Waals surface area contributed by atoms with Crippen LogP contribution >= 0.6 is 11.6 Å². The van der Waals surface area contributed by atoms with Gasteiger partial charge in [-0.3, -0.25) is 4.79 Å². The second-order valence-electron chi connectivity index (χ2n) is 6.14. The van der Waals surface area contributed by atoms with Crippen molar-refractivity contribution < 1.29 is 4.79 Å². The predicted octanol–water partition coefficient (Wildman–Crippen LogP) is 3.30. The van der Waals surface area contributed by atoms with Gasteiger partial charge in [0.2, 0.25) is 5.91 Å². The van der Waals surface area contributed by atoms with Crippen LogP contribution < -0.4 is 10.6 Å². The molecule has 0 aliphatic carbocycles. The zero-order valence-corrected chi connectivity index (χ0v) is 15.9. The van der Waals surface area contributed by atoms with E-state index in [2.05, 4.69) is 26.2 Å². The molecule has 140 valence electrons. The van der Waals surface area contributed by atoms with Crippen LogP contribution in [0.25, 0.3) is 5.69 Å². The van der Waals surface area contributed by atoms with Gasteiger partial charge in [-0.2, -0.15) is 0 Å². The zero-order chi connectivity index (χ0) is 19.2. The monoisotopic (exact) mass is 384 g/mol. The molecule has 1 aromatic heterocycles. The molecule has 1 amide bonds. The van der Waals surface area contributed by atoms with Crippen LogP contribution in [0.5, 0.6) is 0 Å². The van der Waals surface area contributed by atoms with Crippen LogP contribution in [0, 0.1) is 6.92 Å². The number of carbonyl (C=O) groups excluding carboxylic acids is 1. The van der Waals surface area contributed by atoms with Gasteiger partial charge in [-0.1, -0.05) is 36.7 Å². The number of carbonyl (C=O) groups is 1. The number of benzene rings is 2. The molecule has 0 saturated carbocycles. The fourth-order valence-electron chi connectivity index (χ4n) is 2.87. The molecule has 0 saturated heterocycles. The van der Waals surface area contributed by atoms with Crippen LogP contribution in [0.4, 0.5) is 5.69 Å². The van der Waals surface area contributed by atoms with Gasteiger partial charge in [0.15, 0.2) is 0 Å². The van der Waals surface area contributed by atoms with Crippen molar-refractivity contribution in [3.05, 3.63) is 64.9 Å². The van der Waals surface area contributed by atoms with Gasteiger partial charge in [-0.25, -0.2) is 4.68 Å². The van der Waals surface area contributed by atoms with E-state index in [9.17, 15) is 4.79 Å². The summed E-state index contributed by atoms with van der Waals surface area (Å²) >= 11 is 5.94. The van der Waals surface area contributed by atoms with Crippen molar-refractivity contribution in [2.75, 3.05) is 11.9 Å². The van der Waals surface area contributed by atoms with Crippen LogP contribution in [0.1, 0.15) is 30.5 Å². The van der Waals surface area contributed by atoms with Crippen LogP contribution in [-0.2, 0) is 4.79 Å². The van der Waals surface area contributed by atoms with E-state index in [-0.39, 0.29) is 18.5 Å². The fraction of sp³-hybridized carbons (Fsp3) is 0.263. The molecule has 1 atom stereocenters. The van der Waals surface area contributed by atoms with Crippen LogP contribution in [0.2, 0.25) is 5.02 Å². The second-order valence-corrected chi connectivity index (χ2v) is 6.57. The molecule has 0 fully saturated rings. The number of halogens is 1. The maximum Gasteiger partial charge on any atom is 0.239 e. The summed E-state index contributed by atoms with van der Waals surface area (Å²) in [6.07, 6.45) is 2.33. The minimum Gasteiger partial charge on any atom is -0.376 e. The Kier molecular flexibility index (Phi) is 6.03. The molecule has 1 heterocycles. The van der Waals surface area contributed by atoms with Crippen molar-refractivity contribution in [3.8, 4) is 5.69 Å². The summed E-state index contributed by atoms with van der Waals surface area (Å²) in [5.41, 5.74) is 3.71. The number of tetrazole rings is 1. The van der Waals surface area contributed by atoms with Crippen LogP contribution in [0.15, 0.2) is 48.8 Å². The lowest BCUT2D eigenvalue weighted by atomic mass is 10.0. The standard InChI is InChI=1S/C19H21ClN6O/c1-3-16(14-7-9-15(20)10-8-14)23-19(27)11-21-17-5-4-6-18(13(17)2)26-12-22-24-25-26/h4-10,12,16,21H,3,11H2,1-2H3,(H,23,27)/t16-/m0/s1. The number of nitrogens with zero attached hydrogens (tertiary/aromatic N) is 4. The molecular formula is C19H21ClN6O. The molecule has 0 aliphatic heterocycles. The van der Waals surface area contributed by atoms with Gasteiger partial charge in [0.25, 0.3) is 0 Å². The molecule has 8 heteroatoms. The van der Waals surface area contributed by atoms with Crippen molar-refractivity contribution in [2.45, 2.75) is 26.3 Å². The van der Waals surface area contributed by atoms with Gasteiger partial charge in [-0.15, -0.1) is 5.10 Å². The third kappa shape index (κ3) is 4.62. The first kappa shape index (κ1) is 18.8. The number of hydrogen-bond donors (Lipinski definition) is 2. The number of anilines is 1. The Bertz CT molecular complexity index is 895. The van der Waals surface area contributed by atoms with Crippen molar-refractivity contribution in [2.24, 2.45) is 0 Å². The fourth-order valence-corrected chi connectivity index (χ4v) is 3.00. The molecule has 2 N–H and O–H groups in total. The van der Waals surface area contributed by atoms with E-state index in [4.69, 9.17) is 11.6 Å². The Labute approximate surface area is 162 Å². The summed E-state index contributed by atoms with van der Waals surface area (Å²) < 4.78 is 1.59. The highest BCUT2D eigenvalue weighted by atomic mass is 35.5. The number of rotatable bonds is 7. The smallest absolute Gasteiger partial charge is 0.239 e. The average molecular weight is 385 g/mol. The second kappa shape index (κ2) is 8.64. The van der Waals surface area contributed by atoms with Crippen LogP contribution in [0.3, 0.4) is 0 Å². The Hall–Kier alpha value is -2.93. The topological polar surface area (TPSA) is 84.7 Å². The Morgan fingerprint density at radius 3 is 2.67 bits per heavy atom. The van der Waals surface area contributed by atoms with Crippen molar-refractivity contribution in [1.82, 2.24) is 25.5 Å². The lowest BCUT2D eigenvalue weighted by Gasteiger charge is -2.18. The molecule has 0 unspecified atom stereocenters. The van der Waals surface area contributed by atoms with Gasteiger partial charge in [-0.05, 0) is 59.2 Å². The molecule has 3 rings (SSSR count). The Balaban J connectivity index is 1.63. The maximum absolute atomic E-state index is 12.4. The lowest BCUT2D eigenvalue weighted by molar-refractivity contribution is -0.120. The molecule has 2 aromatic carbocycles. The predicted molar refractivity (Wildman–Crippen MR) is 105 cm³/mol. The minimum atomic E-state index is -0.0796. The lowest BCUT2D eigenvalue weighted by Crippen LogP contribution is -2.33. The summed E-state index contributed by atoms with van der Waals surface area (Å²) in [5, 5.41) is 18.2. The van der Waals surface area contributed by atoms with E-state index in [0.717, 1.165) is 28.9 Å². The largest absolute Gasteiger partial charge is 0.376 e. The quantitative estimate of drug-likeness (QED) is 0.652. The van der Waals surface area contributed by atoms with Gasteiger partial charge >= 0.3 is 0 Å². The first-order valence-corrected chi connectivity index (χ1v) is 9.08. The first-order valence-electron chi connectivity index (χ1n) is 8.70. The number of aromatic nitrogens is 4. The summed E-state index contributed by atoms with van der Waals surface area (Å²) in [6.45, 7) is 4.16. The summed E-state index contributed by atoms with van der Waals surface area (Å²) in [4.78, 5) is 12.4. The molecule has 7 nitrogen and oxygen atoms in total. The third-order valence-corrected chi connectivity index (χ3v) is 4.61. The van der Waals surface area contributed by atoms with E-state index in [0.29, 0.717) is 5.02 Å². The Morgan fingerprint density at radius 2 is 2.00 bits per heavy atom. The summed E-state index contributed by atoms with van der Waals surface area (Å²) in [5.74, 6) is -0.0796. The zero-order valence-electron chi connectivity index (χ0n) is 15.2. The van der Waals surface area contributed by atoms with Crippen molar-refractivity contribution in [1.29, 1.82) is 0 Å². The van der Waals surface area contributed by atoms with E-state index >= 15 is 0 Å². The molecule has 3 aromatic rings. The van der Waals surface area contributed by atoms with E-state index in [1.807, 2.05) is 56.3 Å². The first-order chi connectivity index (χ1) is 13.1. The van der Waals surface area contributed by atoms with Gasteiger partial charge in [0.05, 0.1) is 18.3 Å². The number of hydrogen-bond acceptors (Lipinski definition) is 5. The maximum atomic E-state index is 12.4. The third-order valence-electron chi connectivity index (χ3n) is 4.36. The number of amides is 1. The normalized spacial score (nSPS) is 11.8. The molecule has 27 heavy (non-hydrogen) atoms. The van der Waals surface area contributed by atoms with E-state index < -0.39 is 0 Å². The van der Waals surface area contributed by atoms with E-state index in [1.54, 1.807) is 4.68 Å². The van der Waals surface area contributed by atoms with Gasteiger partial charge in [0, 0.05) is 10.7 Å². The minimum absolute atomic E-state index is 0.0507. The molecule has 0 radical (unpaired) electrons. The summed E-state index contributed by atoms with van der Waals surface area (Å²) in [7, 11) is 0. The number of nitrogens with one attached hydrogen (secondary N) is 2. The highest BCUT2D eigenvalue weighted by Crippen LogP contribution is 2.22.